The predicted octanol–water partition coefficient (Wildman–Crippen LogP) is 2.22. The van der Waals surface area contributed by atoms with E-state index in [-0.39, 0.29) is 23.6 Å². The number of carboxylic acid groups (broad SMARTS) is 1. The quantitative estimate of drug-likeness (QED) is 0.699. The van der Waals surface area contributed by atoms with Crippen molar-refractivity contribution in [2.75, 3.05) is 0 Å². The summed E-state index contributed by atoms with van der Waals surface area (Å²) in [7, 11) is 0. The Balaban J connectivity index is 2.04. The van der Waals surface area contributed by atoms with E-state index in [0.717, 1.165) is 3.57 Å². The number of rotatable bonds is 4. The number of furan rings is 1. The minimum Gasteiger partial charge on any atom is -0.507 e. The number of carboxylic acids is 1. The van der Waals surface area contributed by atoms with E-state index in [4.69, 9.17) is 9.52 Å². The van der Waals surface area contributed by atoms with E-state index < -0.39 is 11.9 Å². The van der Waals surface area contributed by atoms with Gasteiger partial charge in [-0.15, -0.1) is 0 Å². The van der Waals surface area contributed by atoms with Gasteiger partial charge in [0.2, 0.25) is 5.76 Å². The number of phenolic OH excluding ortho intramolecular Hbond substituents is 1. The summed E-state index contributed by atoms with van der Waals surface area (Å²) in [4.78, 5) is 22.5. The first kappa shape index (κ1) is 14.4. The zero-order valence-corrected chi connectivity index (χ0v) is 12.2. The summed E-state index contributed by atoms with van der Waals surface area (Å²) < 4.78 is 5.82. The fraction of sp³-hybridized carbons (Fsp3) is 0.0769. The van der Waals surface area contributed by atoms with E-state index in [0.29, 0.717) is 5.76 Å². The molecule has 0 aliphatic carbocycles. The highest BCUT2D eigenvalue weighted by Gasteiger charge is 2.13. The third-order valence-corrected chi connectivity index (χ3v) is 3.17. The molecule has 2 rings (SSSR count). The lowest BCUT2D eigenvalue weighted by Gasteiger charge is -2.06. The summed E-state index contributed by atoms with van der Waals surface area (Å²) in [6.07, 6.45) is 0. The third kappa shape index (κ3) is 3.29. The Kier molecular flexibility index (Phi) is 4.28. The average Bonchev–Trinajstić information content (AvgIpc) is 2.88. The van der Waals surface area contributed by atoms with Crippen LogP contribution in [-0.2, 0) is 6.54 Å². The Labute approximate surface area is 127 Å². The number of halogens is 1. The number of hydrogen-bond acceptors (Lipinski definition) is 4. The Morgan fingerprint density at radius 2 is 2.00 bits per heavy atom. The molecule has 7 heteroatoms. The van der Waals surface area contributed by atoms with Gasteiger partial charge < -0.3 is 19.9 Å². The molecule has 0 fully saturated rings. The third-order valence-electron chi connectivity index (χ3n) is 2.50. The van der Waals surface area contributed by atoms with E-state index in [9.17, 15) is 14.7 Å². The molecular weight excluding hydrogens is 377 g/mol. The molecule has 0 atom stereocenters. The van der Waals surface area contributed by atoms with Crippen molar-refractivity contribution in [3.05, 3.63) is 51.0 Å². The Morgan fingerprint density at radius 1 is 1.25 bits per heavy atom. The molecule has 0 aliphatic rings. The summed E-state index contributed by atoms with van der Waals surface area (Å²) >= 11 is 2.03. The molecule has 20 heavy (non-hydrogen) atoms. The molecule has 3 N–H and O–H groups in total. The van der Waals surface area contributed by atoms with Gasteiger partial charge in [-0.05, 0) is 52.9 Å². The van der Waals surface area contributed by atoms with Crippen molar-refractivity contribution in [1.29, 1.82) is 0 Å². The molecule has 0 saturated carbocycles. The van der Waals surface area contributed by atoms with Crippen molar-refractivity contribution < 1.29 is 24.2 Å². The van der Waals surface area contributed by atoms with Crippen LogP contribution in [-0.4, -0.2) is 22.1 Å². The summed E-state index contributed by atoms with van der Waals surface area (Å²) in [5.41, 5.74) is 0.155. The highest BCUT2D eigenvalue weighted by molar-refractivity contribution is 14.1. The van der Waals surface area contributed by atoms with Crippen LogP contribution in [0.2, 0.25) is 0 Å². The average molecular weight is 387 g/mol. The molecule has 0 bridgehead atoms. The highest BCUT2D eigenvalue weighted by atomic mass is 127. The number of benzene rings is 1. The Hall–Kier alpha value is -2.03. The van der Waals surface area contributed by atoms with Gasteiger partial charge in [-0.1, -0.05) is 0 Å². The zero-order chi connectivity index (χ0) is 14.7. The molecule has 0 aliphatic heterocycles. The molecule has 1 aromatic heterocycles. The van der Waals surface area contributed by atoms with E-state index in [1.165, 1.54) is 18.2 Å². The predicted molar refractivity (Wildman–Crippen MR) is 77.7 cm³/mol. The monoisotopic (exact) mass is 387 g/mol. The van der Waals surface area contributed by atoms with Crippen LogP contribution in [0.4, 0.5) is 0 Å². The van der Waals surface area contributed by atoms with Crippen molar-refractivity contribution in [3.63, 3.8) is 0 Å². The Morgan fingerprint density at radius 3 is 2.65 bits per heavy atom. The van der Waals surface area contributed by atoms with E-state index in [1.807, 2.05) is 22.6 Å². The molecule has 6 nitrogen and oxygen atoms in total. The summed E-state index contributed by atoms with van der Waals surface area (Å²) in [6.45, 7) is 0.0387. The van der Waals surface area contributed by atoms with Crippen LogP contribution in [0, 0.1) is 3.57 Å². The molecule has 1 aromatic carbocycles. The fourth-order valence-electron chi connectivity index (χ4n) is 1.54. The second-order valence-electron chi connectivity index (χ2n) is 3.92. The molecule has 0 saturated heterocycles. The molecular formula is C13H10INO5. The van der Waals surface area contributed by atoms with Crippen LogP contribution in [0.3, 0.4) is 0 Å². The van der Waals surface area contributed by atoms with Gasteiger partial charge in [0, 0.05) is 3.57 Å². The lowest BCUT2D eigenvalue weighted by atomic mass is 10.2. The van der Waals surface area contributed by atoms with Crippen molar-refractivity contribution >= 4 is 34.5 Å². The number of carbonyl (C=O) groups excluding carboxylic acids is 1. The van der Waals surface area contributed by atoms with Crippen LogP contribution in [0.5, 0.6) is 5.75 Å². The molecule has 0 radical (unpaired) electrons. The molecule has 1 heterocycles. The second kappa shape index (κ2) is 5.95. The Bertz CT molecular complexity index is 665. The molecule has 2 aromatic rings. The van der Waals surface area contributed by atoms with Gasteiger partial charge in [-0.3, -0.25) is 4.79 Å². The van der Waals surface area contributed by atoms with Gasteiger partial charge >= 0.3 is 5.97 Å². The summed E-state index contributed by atoms with van der Waals surface area (Å²) in [5.74, 6) is -1.62. The number of aromatic carboxylic acids is 1. The number of aromatic hydroxyl groups is 1. The van der Waals surface area contributed by atoms with Crippen LogP contribution in [0.1, 0.15) is 26.7 Å². The number of hydrogen-bond donors (Lipinski definition) is 3. The van der Waals surface area contributed by atoms with Gasteiger partial charge in [-0.25, -0.2) is 4.79 Å². The van der Waals surface area contributed by atoms with E-state index in [1.54, 1.807) is 12.1 Å². The molecule has 104 valence electrons. The summed E-state index contributed by atoms with van der Waals surface area (Å²) in [5, 5.41) is 20.9. The lowest BCUT2D eigenvalue weighted by molar-refractivity contribution is 0.0660. The standard InChI is InChI=1S/C13H10INO5/c14-7-1-3-10(16)9(5-7)12(17)15-6-8-2-4-11(20-8)13(18)19/h1-5,16H,6H2,(H,15,17)(H,18,19). The topological polar surface area (TPSA) is 99.8 Å². The summed E-state index contributed by atoms with van der Waals surface area (Å²) in [6, 6.07) is 7.45. The number of nitrogens with one attached hydrogen (secondary N) is 1. The van der Waals surface area contributed by atoms with Gasteiger partial charge in [-0.2, -0.15) is 0 Å². The number of carbonyl (C=O) groups is 2. The van der Waals surface area contributed by atoms with Gasteiger partial charge in [0.05, 0.1) is 12.1 Å². The van der Waals surface area contributed by atoms with Crippen LogP contribution < -0.4 is 5.32 Å². The number of amides is 1. The fourth-order valence-corrected chi connectivity index (χ4v) is 2.03. The van der Waals surface area contributed by atoms with Crippen molar-refractivity contribution in [3.8, 4) is 5.75 Å². The molecule has 0 unspecified atom stereocenters. The molecule has 0 spiro atoms. The maximum atomic E-state index is 11.9. The van der Waals surface area contributed by atoms with Gasteiger partial charge in [0.15, 0.2) is 0 Å². The molecule has 1 amide bonds. The largest absolute Gasteiger partial charge is 0.507 e. The van der Waals surface area contributed by atoms with Crippen molar-refractivity contribution in [2.45, 2.75) is 6.54 Å². The minimum absolute atomic E-state index is 0.0387. The first-order chi connectivity index (χ1) is 9.47. The first-order valence-corrected chi connectivity index (χ1v) is 6.64. The van der Waals surface area contributed by atoms with Gasteiger partial charge in [0.1, 0.15) is 11.5 Å². The maximum Gasteiger partial charge on any atom is 0.371 e. The van der Waals surface area contributed by atoms with Crippen LogP contribution in [0.25, 0.3) is 0 Å². The lowest BCUT2D eigenvalue weighted by Crippen LogP contribution is -2.22. The van der Waals surface area contributed by atoms with Crippen molar-refractivity contribution in [1.82, 2.24) is 5.32 Å². The smallest absolute Gasteiger partial charge is 0.371 e. The minimum atomic E-state index is -1.17. The zero-order valence-electron chi connectivity index (χ0n) is 10.1. The highest BCUT2D eigenvalue weighted by Crippen LogP contribution is 2.19. The van der Waals surface area contributed by atoms with Crippen molar-refractivity contribution in [2.24, 2.45) is 0 Å². The number of phenols is 1. The first-order valence-electron chi connectivity index (χ1n) is 5.56. The van der Waals surface area contributed by atoms with Gasteiger partial charge in [0.25, 0.3) is 5.91 Å². The maximum absolute atomic E-state index is 11.9. The normalized spacial score (nSPS) is 10.2. The van der Waals surface area contributed by atoms with E-state index >= 15 is 0 Å². The van der Waals surface area contributed by atoms with Crippen LogP contribution >= 0.6 is 22.6 Å². The SMILES string of the molecule is O=C(O)c1ccc(CNC(=O)c2cc(I)ccc2O)o1. The second-order valence-corrected chi connectivity index (χ2v) is 5.16. The van der Waals surface area contributed by atoms with Crippen LogP contribution in [0.15, 0.2) is 34.7 Å². The van der Waals surface area contributed by atoms with E-state index in [2.05, 4.69) is 5.32 Å².